The van der Waals surface area contributed by atoms with Crippen LogP contribution in [0.5, 0.6) is 0 Å². The molecule has 1 aliphatic heterocycles. The van der Waals surface area contributed by atoms with Crippen molar-refractivity contribution in [3.8, 4) is 0 Å². The van der Waals surface area contributed by atoms with E-state index in [4.69, 9.17) is 9.84 Å². The number of aliphatic hydroxyl groups is 1. The quantitative estimate of drug-likeness (QED) is 0.820. The summed E-state index contributed by atoms with van der Waals surface area (Å²) in [5.41, 5.74) is 1.28. The molecule has 1 saturated heterocycles. The van der Waals surface area contributed by atoms with Crippen LogP contribution in [0, 0.1) is 0 Å². The van der Waals surface area contributed by atoms with Crippen molar-refractivity contribution in [3.63, 3.8) is 0 Å². The Labute approximate surface area is 132 Å². The van der Waals surface area contributed by atoms with Crippen LogP contribution in [-0.2, 0) is 16.1 Å². The molecule has 1 N–H and O–H groups in total. The van der Waals surface area contributed by atoms with Crippen LogP contribution in [0.15, 0.2) is 30.3 Å². The van der Waals surface area contributed by atoms with E-state index in [2.05, 4.69) is 17.0 Å². The Bertz CT molecular complexity index is 452. The molecule has 22 heavy (non-hydrogen) atoms. The highest BCUT2D eigenvalue weighted by atomic mass is 16.5. The lowest BCUT2D eigenvalue weighted by Crippen LogP contribution is -2.45. The number of hydrogen-bond donors (Lipinski definition) is 1. The normalized spacial score (nSPS) is 19.1. The molecule has 1 aliphatic rings. The molecule has 1 heterocycles. The smallest absolute Gasteiger partial charge is 0.225 e. The van der Waals surface area contributed by atoms with E-state index in [0.29, 0.717) is 26.1 Å². The van der Waals surface area contributed by atoms with Gasteiger partial charge in [0.05, 0.1) is 25.7 Å². The zero-order valence-corrected chi connectivity index (χ0v) is 13.3. The molecule has 122 valence electrons. The maximum atomic E-state index is 12.2. The van der Waals surface area contributed by atoms with E-state index in [-0.39, 0.29) is 18.6 Å². The fourth-order valence-electron chi connectivity index (χ4n) is 2.79. The predicted octanol–water partition coefficient (Wildman–Crippen LogP) is 1.12. The number of carbonyl (C=O) groups excluding carboxylic acids is 1. The lowest BCUT2D eigenvalue weighted by molar-refractivity contribution is -0.136. The molecular formula is C17H26N2O3. The van der Waals surface area contributed by atoms with Crippen LogP contribution in [0.4, 0.5) is 0 Å². The van der Waals surface area contributed by atoms with Crippen molar-refractivity contribution in [2.24, 2.45) is 0 Å². The number of hydrogen-bond acceptors (Lipinski definition) is 4. The summed E-state index contributed by atoms with van der Waals surface area (Å²) < 4.78 is 5.74. The number of benzene rings is 1. The number of aliphatic hydroxyl groups excluding tert-OH is 1. The molecule has 0 aromatic heterocycles. The third-order valence-electron chi connectivity index (χ3n) is 3.98. The van der Waals surface area contributed by atoms with Gasteiger partial charge in [-0.1, -0.05) is 30.3 Å². The second-order valence-corrected chi connectivity index (χ2v) is 5.61. The third kappa shape index (κ3) is 5.09. The van der Waals surface area contributed by atoms with Gasteiger partial charge in [-0.2, -0.15) is 0 Å². The van der Waals surface area contributed by atoms with Crippen LogP contribution >= 0.6 is 0 Å². The summed E-state index contributed by atoms with van der Waals surface area (Å²) in [5.74, 6) is 0.0584. The number of nitrogens with zero attached hydrogens (tertiary/aromatic N) is 2. The summed E-state index contributed by atoms with van der Waals surface area (Å²) in [5, 5.41) is 9.00. The van der Waals surface area contributed by atoms with Crippen molar-refractivity contribution in [1.82, 2.24) is 9.80 Å². The molecule has 2 rings (SSSR count). The van der Waals surface area contributed by atoms with Crippen molar-refractivity contribution in [2.75, 3.05) is 39.4 Å². The van der Waals surface area contributed by atoms with Gasteiger partial charge < -0.3 is 14.7 Å². The van der Waals surface area contributed by atoms with Crippen molar-refractivity contribution in [1.29, 1.82) is 0 Å². The number of rotatable bonds is 7. The first-order valence-corrected chi connectivity index (χ1v) is 7.99. The van der Waals surface area contributed by atoms with Gasteiger partial charge in [-0.3, -0.25) is 9.69 Å². The molecule has 0 aliphatic carbocycles. The van der Waals surface area contributed by atoms with Gasteiger partial charge in [0, 0.05) is 32.7 Å². The predicted molar refractivity (Wildman–Crippen MR) is 85.4 cm³/mol. The molecule has 0 saturated carbocycles. The lowest BCUT2D eigenvalue weighted by atomic mass is 10.1. The monoisotopic (exact) mass is 306 g/mol. The number of ether oxygens (including phenoxy) is 1. The van der Waals surface area contributed by atoms with Crippen LogP contribution in [0.2, 0.25) is 0 Å². The molecule has 1 amide bonds. The van der Waals surface area contributed by atoms with Gasteiger partial charge in [0.1, 0.15) is 0 Å². The molecule has 1 fully saturated rings. The minimum Gasteiger partial charge on any atom is -0.395 e. The SMILES string of the molecule is CCN(CCO)C(=O)CC1CN(Cc2ccccc2)CCO1. The number of morpholine rings is 1. The Morgan fingerprint density at radius 3 is 2.86 bits per heavy atom. The zero-order valence-electron chi connectivity index (χ0n) is 13.3. The molecular weight excluding hydrogens is 280 g/mol. The van der Waals surface area contributed by atoms with E-state index < -0.39 is 0 Å². The number of amides is 1. The molecule has 5 nitrogen and oxygen atoms in total. The van der Waals surface area contributed by atoms with Crippen LogP contribution in [0.3, 0.4) is 0 Å². The van der Waals surface area contributed by atoms with Crippen LogP contribution in [-0.4, -0.2) is 66.3 Å². The van der Waals surface area contributed by atoms with Gasteiger partial charge in [-0.25, -0.2) is 0 Å². The summed E-state index contributed by atoms with van der Waals surface area (Å²) >= 11 is 0. The molecule has 1 aromatic carbocycles. The molecule has 1 unspecified atom stereocenters. The average Bonchev–Trinajstić information content (AvgIpc) is 2.53. The van der Waals surface area contributed by atoms with E-state index in [1.165, 1.54) is 5.56 Å². The first kappa shape index (κ1) is 16.9. The molecule has 0 spiro atoms. The lowest BCUT2D eigenvalue weighted by Gasteiger charge is -2.33. The van der Waals surface area contributed by atoms with Gasteiger partial charge in [0.25, 0.3) is 0 Å². The molecule has 1 atom stereocenters. The minimum atomic E-state index is -0.0577. The second kappa shape index (κ2) is 8.88. The van der Waals surface area contributed by atoms with E-state index in [1.807, 2.05) is 25.1 Å². The van der Waals surface area contributed by atoms with Crippen LogP contribution < -0.4 is 0 Å². The van der Waals surface area contributed by atoms with E-state index >= 15 is 0 Å². The summed E-state index contributed by atoms with van der Waals surface area (Å²) in [6, 6.07) is 10.4. The Kier molecular flexibility index (Phi) is 6.83. The summed E-state index contributed by atoms with van der Waals surface area (Å²) in [6.07, 6.45) is 0.330. The summed E-state index contributed by atoms with van der Waals surface area (Å²) in [7, 11) is 0. The fraction of sp³-hybridized carbons (Fsp3) is 0.588. The van der Waals surface area contributed by atoms with E-state index in [0.717, 1.165) is 19.6 Å². The Morgan fingerprint density at radius 1 is 1.41 bits per heavy atom. The maximum absolute atomic E-state index is 12.2. The highest BCUT2D eigenvalue weighted by Gasteiger charge is 2.24. The zero-order chi connectivity index (χ0) is 15.8. The highest BCUT2D eigenvalue weighted by Crippen LogP contribution is 2.13. The van der Waals surface area contributed by atoms with Gasteiger partial charge in [-0.15, -0.1) is 0 Å². The average molecular weight is 306 g/mol. The first-order valence-electron chi connectivity index (χ1n) is 7.99. The molecule has 0 radical (unpaired) electrons. The maximum Gasteiger partial charge on any atom is 0.225 e. The first-order chi connectivity index (χ1) is 10.7. The Hall–Kier alpha value is -1.43. The van der Waals surface area contributed by atoms with Crippen molar-refractivity contribution < 1.29 is 14.6 Å². The van der Waals surface area contributed by atoms with E-state index in [1.54, 1.807) is 4.90 Å². The topological polar surface area (TPSA) is 53.0 Å². The highest BCUT2D eigenvalue weighted by molar-refractivity contribution is 5.76. The van der Waals surface area contributed by atoms with Crippen molar-refractivity contribution in [2.45, 2.75) is 26.0 Å². The molecule has 1 aromatic rings. The minimum absolute atomic E-state index is 0.00519. The van der Waals surface area contributed by atoms with Gasteiger partial charge in [0.15, 0.2) is 0 Å². The van der Waals surface area contributed by atoms with Gasteiger partial charge in [0.2, 0.25) is 5.91 Å². The van der Waals surface area contributed by atoms with Crippen LogP contribution in [0.25, 0.3) is 0 Å². The molecule has 5 heteroatoms. The van der Waals surface area contributed by atoms with Gasteiger partial charge in [-0.05, 0) is 12.5 Å². The fourth-order valence-corrected chi connectivity index (χ4v) is 2.79. The summed E-state index contributed by atoms with van der Waals surface area (Å²) in [6.45, 7) is 6.18. The Balaban J connectivity index is 1.84. The molecule has 0 bridgehead atoms. The number of likely N-dealkylation sites (N-methyl/N-ethyl adjacent to an activating group) is 1. The van der Waals surface area contributed by atoms with Gasteiger partial charge >= 0.3 is 0 Å². The van der Waals surface area contributed by atoms with E-state index in [9.17, 15) is 4.79 Å². The largest absolute Gasteiger partial charge is 0.395 e. The third-order valence-corrected chi connectivity index (χ3v) is 3.98. The standard InChI is InChI=1S/C17H26N2O3/c1-2-19(8-10-20)17(21)12-16-14-18(9-11-22-16)13-15-6-4-3-5-7-15/h3-7,16,20H,2,8-14H2,1H3. The van der Waals surface area contributed by atoms with Crippen molar-refractivity contribution in [3.05, 3.63) is 35.9 Å². The number of carbonyl (C=O) groups is 1. The Morgan fingerprint density at radius 2 is 2.18 bits per heavy atom. The van der Waals surface area contributed by atoms with Crippen molar-refractivity contribution >= 4 is 5.91 Å². The summed E-state index contributed by atoms with van der Waals surface area (Å²) in [4.78, 5) is 16.2. The second-order valence-electron chi connectivity index (χ2n) is 5.61. The van der Waals surface area contributed by atoms with Crippen LogP contribution in [0.1, 0.15) is 18.9 Å².